The Bertz CT molecular complexity index is 774. The molecule has 0 spiro atoms. The molecule has 1 aromatic carbocycles. The molecule has 2 amide bonds. The summed E-state index contributed by atoms with van der Waals surface area (Å²) in [5, 5.41) is 2.66. The molecule has 2 aliphatic heterocycles. The normalized spacial score (nSPS) is 25.3. The van der Waals surface area contributed by atoms with Crippen LogP contribution in [0.25, 0.3) is 0 Å². The number of amides is 2. The van der Waals surface area contributed by atoms with Crippen molar-refractivity contribution in [1.82, 2.24) is 0 Å². The van der Waals surface area contributed by atoms with E-state index >= 15 is 0 Å². The predicted octanol–water partition coefficient (Wildman–Crippen LogP) is 0.803. The Hall–Kier alpha value is -2.09. The van der Waals surface area contributed by atoms with Gasteiger partial charge in [-0.3, -0.25) is 9.59 Å². The summed E-state index contributed by atoms with van der Waals surface area (Å²) < 4.78 is 29.0. The molecule has 8 heteroatoms. The Morgan fingerprint density at radius 3 is 2.74 bits per heavy atom. The number of nitrogens with zero attached hydrogens (tertiary/aromatic N) is 1. The zero-order valence-corrected chi connectivity index (χ0v) is 13.7. The minimum Gasteiger partial charge on any atom is -0.495 e. The third-order valence-corrected chi connectivity index (χ3v) is 6.02. The molecule has 2 fully saturated rings. The summed E-state index contributed by atoms with van der Waals surface area (Å²) >= 11 is 0. The van der Waals surface area contributed by atoms with Gasteiger partial charge in [-0.1, -0.05) is 0 Å². The lowest BCUT2D eigenvalue weighted by Crippen LogP contribution is -2.36. The number of anilines is 2. The van der Waals surface area contributed by atoms with Gasteiger partial charge >= 0.3 is 0 Å². The van der Waals surface area contributed by atoms with E-state index in [0.717, 1.165) is 0 Å². The lowest BCUT2D eigenvalue weighted by molar-refractivity contribution is -0.117. The molecule has 0 bridgehead atoms. The maximum absolute atomic E-state index is 12.4. The average Bonchev–Trinajstić information content (AvgIpc) is 2.88. The minimum absolute atomic E-state index is 0.0308. The van der Waals surface area contributed by atoms with Crippen molar-refractivity contribution in [2.45, 2.75) is 19.4 Å². The minimum atomic E-state index is -3.12. The van der Waals surface area contributed by atoms with Crippen LogP contribution < -0.4 is 15.0 Å². The largest absolute Gasteiger partial charge is 0.495 e. The number of sulfone groups is 1. The molecule has 2 saturated heterocycles. The van der Waals surface area contributed by atoms with Gasteiger partial charge in [-0.25, -0.2) is 8.42 Å². The van der Waals surface area contributed by atoms with E-state index in [1.807, 2.05) is 0 Å². The van der Waals surface area contributed by atoms with E-state index in [1.165, 1.54) is 18.9 Å². The molecule has 23 heavy (non-hydrogen) atoms. The first kappa shape index (κ1) is 15.8. The van der Waals surface area contributed by atoms with Crippen molar-refractivity contribution in [2.75, 3.05) is 28.8 Å². The molecule has 2 aliphatic rings. The Morgan fingerprint density at radius 2 is 2.09 bits per heavy atom. The van der Waals surface area contributed by atoms with E-state index in [9.17, 15) is 18.0 Å². The van der Waals surface area contributed by atoms with Crippen molar-refractivity contribution in [3.8, 4) is 5.75 Å². The van der Waals surface area contributed by atoms with Gasteiger partial charge in [-0.05, 0) is 18.2 Å². The highest BCUT2D eigenvalue weighted by molar-refractivity contribution is 7.91. The lowest BCUT2D eigenvalue weighted by Gasteiger charge is -2.25. The van der Waals surface area contributed by atoms with Gasteiger partial charge < -0.3 is 15.0 Å². The number of fused-ring (bicyclic) bond motifs is 1. The Balaban J connectivity index is 2.02. The highest BCUT2D eigenvalue weighted by Crippen LogP contribution is 2.41. The Morgan fingerprint density at radius 1 is 1.35 bits per heavy atom. The second kappa shape index (κ2) is 5.52. The van der Waals surface area contributed by atoms with Gasteiger partial charge in [0.1, 0.15) is 5.75 Å². The second-order valence-electron chi connectivity index (χ2n) is 5.94. The fraction of sp³-hybridized carbons (Fsp3) is 0.467. The molecule has 0 saturated carbocycles. The van der Waals surface area contributed by atoms with Crippen LogP contribution in [-0.4, -0.2) is 44.9 Å². The molecule has 2 heterocycles. The zero-order valence-electron chi connectivity index (χ0n) is 12.9. The molecule has 7 nitrogen and oxygen atoms in total. The maximum atomic E-state index is 12.4. The highest BCUT2D eigenvalue weighted by atomic mass is 32.2. The number of nitrogens with one attached hydrogen (secondary N) is 1. The molecule has 0 aliphatic carbocycles. The summed E-state index contributed by atoms with van der Waals surface area (Å²) in [5.74, 6) is -0.0350. The fourth-order valence-electron chi connectivity index (χ4n) is 3.36. The van der Waals surface area contributed by atoms with Crippen molar-refractivity contribution >= 4 is 33.0 Å². The van der Waals surface area contributed by atoms with Gasteiger partial charge in [0.15, 0.2) is 9.84 Å². The summed E-state index contributed by atoms with van der Waals surface area (Å²) in [7, 11) is -1.64. The first-order valence-electron chi connectivity index (χ1n) is 7.29. The lowest BCUT2D eigenvalue weighted by atomic mass is 10.0. The third-order valence-electron chi connectivity index (χ3n) is 4.23. The summed E-state index contributed by atoms with van der Waals surface area (Å²) in [4.78, 5) is 25.1. The topological polar surface area (TPSA) is 92.8 Å². The van der Waals surface area contributed by atoms with Crippen LogP contribution in [0.3, 0.4) is 0 Å². The van der Waals surface area contributed by atoms with Gasteiger partial charge in [0.2, 0.25) is 11.8 Å². The number of carbonyl (C=O) groups is 2. The van der Waals surface area contributed by atoms with E-state index in [0.29, 0.717) is 17.1 Å². The van der Waals surface area contributed by atoms with Crippen molar-refractivity contribution < 1.29 is 22.7 Å². The second-order valence-corrected chi connectivity index (χ2v) is 8.09. The molecular formula is C15H18N2O5S. The van der Waals surface area contributed by atoms with Crippen molar-refractivity contribution in [1.29, 1.82) is 0 Å². The number of rotatable bonds is 3. The van der Waals surface area contributed by atoms with Crippen LogP contribution in [0, 0.1) is 5.92 Å². The summed E-state index contributed by atoms with van der Waals surface area (Å²) in [5.41, 5.74) is 1.03. The summed E-state index contributed by atoms with van der Waals surface area (Å²) in [6, 6.07) is 4.61. The van der Waals surface area contributed by atoms with E-state index < -0.39 is 9.84 Å². The van der Waals surface area contributed by atoms with Gasteiger partial charge in [0, 0.05) is 24.9 Å². The summed E-state index contributed by atoms with van der Waals surface area (Å²) in [6.45, 7) is 1.39. The van der Waals surface area contributed by atoms with E-state index in [1.54, 1.807) is 18.2 Å². The smallest absolute Gasteiger partial charge is 0.227 e. The van der Waals surface area contributed by atoms with Crippen LogP contribution in [0.1, 0.15) is 13.3 Å². The van der Waals surface area contributed by atoms with Gasteiger partial charge in [0.25, 0.3) is 0 Å². The van der Waals surface area contributed by atoms with Crippen molar-refractivity contribution in [3.63, 3.8) is 0 Å². The van der Waals surface area contributed by atoms with Gasteiger partial charge in [-0.15, -0.1) is 0 Å². The monoisotopic (exact) mass is 338 g/mol. The standard InChI is InChI=1S/C15H18N2O5S/c1-9(18)16-11-3-4-14(22-2)12(6-11)17-13-8-23(20,21)7-10(13)5-15(17)19/h3-4,6,10,13H,5,7-8H2,1-2H3,(H,16,18)/t10-,13-/m1/s1. The van der Waals surface area contributed by atoms with E-state index in [4.69, 9.17) is 4.74 Å². The fourth-order valence-corrected chi connectivity index (χ4v) is 5.43. The predicted molar refractivity (Wildman–Crippen MR) is 85.3 cm³/mol. The third kappa shape index (κ3) is 2.90. The van der Waals surface area contributed by atoms with Crippen molar-refractivity contribution in [3.05, 3.63) is 18.2 Å². The first-order chi connectivity index (χ1) is 10.8. The number of benzene rings is 1. The number of carbonyl (C=O) groups excluding carboxylic acids is 2. The molecule has 2 atom stereocenters. The molecule has 3 rings (SSSR count). The zero-order chi connectivity index (χ0) is 16.8. The van der Waals surface area contributed by atoms with Crippen LogP contribution >= 0.6 is 0 Å². The van der Waals surface area contributed by atoms with E-state index in [2.05, 4.69) is 5.32 Å². The van der Waals surface area contributed by atoms with Crippen molar-refractivity contribution in [2.24, 2.45) is 5.92 Å². The molecule has 0 unspecified atom stereocenters. The number of hydrogen-bond acceptors (Lipinski definition) is 5. The van der Waals surface area contributed by atoms with Crippen LogP contribution in [0.4, 0.5) is 11.4 Å². The SMILES string of the molecule is COc1ccc(NC(C)=O)cc1N1C(=O)C[C@@H]2CS(=O)(=O)C[C@H]21. The maximum Gasteiger partial charge on any atom is 0.227 e. The number of ether oxygens (including phenoxy) is 1. The molecule has 0 radical (unpaired) electrons. The van der Waals surface area contributed by atoms with E-state index in [-0.39, 0.29) is 41.7 Å². The van der Waals surface area contributed by atoms with Crippen LogP contribution in [-0.2, 0) is 19.4 Å². The van der Waals surface area contributed by atoms with Crippen LogP contribution in [0.15, 0.2) is 18.2 Å². The van der Waals surface area contributed by atoms with Crippen LogP contribution in [0.2, 0.25) is 0 Å². The summed E-state index contributed by atoms with van der Waals surface area (Å²) in [6.07, 6.45) is 0.220. The quantitative estimate of drug-likeness (QED) is 0.880. The first-order valence-corrected chi connectivity index (χ1v) is 9.11. The molecule has 1 N–H and O–H groups in total. The molecule has 0 aromatic heterocycles. The number of methoxy groups -OCH3 is 1. The highest BCUT2D eigenvalue weighted by Gasteiger charge is 2.49. The van der Waals surface area contributed by atoms with Crippen LogP contribution in [0.5, 0.6) is 5.75 Å². The Labute approximate surface area is 134 Å². The Kier molecular flexibility index (Phi) is 3.79. The molecule has 124 valence electrons. The van der Waals surface area contributed by atoms with Gasteiger partial charge in [-0.2, -0.15) is 0 Å². The average molecular weight is 338 g/mol. The molecule has 1 aromatic rings. The van der Waals surface area contributed by atoms with Gasteiger partial charge in [0.05, 0.1) is 30.3 Å². The number of hydrogen-bond donors (Lipinski definition) is 1. The molecular weight excluding hydrogens is 320 g/mol.